The van der Waals surface area contributed by atoms with Crippen LogP contribution in [0.25, 0.3) is 0 Å². The molecule has 6 nitrogen and oxygen atoms in total. The number of hydrogen-bond acceptors (Lipinski definition) is 6. The molecule has 2 heterocycles. The van der Waals surface area contributed by atoms with Gasteiger partial charge in [-0.1, -0.05) is 23.9 Å². The molecule has 0 saturated heterocycles. The number of carbonyl (C=O) groups excluding carboxylic acids is 1. The van der Waals surface area contributed by atoms with Crippen molar-refractivity contribution in [2.45, 2.75) is 10.3 Å². The molecule has 142 valence electrons. The first-order valence-corrected chi connectivity index (χ1v) is 9.57. The van der Waals surface area contributed by atoms with Crippen molar-refractivity contribution in [2.24, 2.45) is 0 Å². The van der Waals surface area contributed by atoms with Crippen LogP contribution in [0.2, 0.25) is 0 Å². The van der Waals surface area contributed by atoms with E-state index in [2.05, 4.69) is 15.6 Å². The predicted molar refractivity (Wildman–Crippen MR) is 110 cm³/mol. The zero-order chi connectivity index (χ0) is 19.5. The van der Waals surface area contributed by atoms with Crippen LogP contribution in [-0.2, 0) is 0 Å². The van der Waals surface area contributed by atoms with Crippen LogP contribution in [0.5, 0.6) is 11.5 Å². The molecule has 7 heteroatoms. The summed E-state index contributed by atoms with van der Waals surface area (Å²) in [6, 6.07) is 16.9. The topological polar surface area (TPSA) is 72.5 Å². The van der Waals surface area contributed by atoms with Gasteiger partial charge in [-0.3, -0.25) is 4.79 Å². The molecule has 1 aliphatic heterocycles. The average Bonchev–Trinajstić information content (AvgIpc) is 3.17. The summed E-state index contributed by atoms with van der Waals surface area (Å²) in [4.78, 5) is 18.2. The van der Waals surface area contributed by atoms with Crippen molar-refractivity contribution in [3.05, 3.63) is 71.9 Å². The van der Waals surface area contributed by atoms with E-state index < -0.39 is 0 Å². The minimum absolute atomic E-state index is 0.0530. The highest BCUT2D eigenvalue weighted by Crippen LogP contribution is 2.45. The van der Waals surface area contributed by atoms with Crippen molar-refractivity contribution in [1.82, 2.24) is 4.98 Å². The number of pyridine rings is 1. The summed E-state index contributed by atoms with van der Waals surface area (Å²) in [5.41, 5.74) is 2.22. The number of fused-ring (bicyclic) bond motifs is 1. The molecule has 2 N–H and O–H groups in total. The molecule has 28 heavy (non-hydrogen) atoms. The first kappa shape index (κ1) is 18.2. The van der Waals surface area contributed by atoms with E-state index in [-0.39, 0.29) is 11.3 Å². The van der Waals surface area contributed by atoms with Crippen LogP contribution in [0.1, 0.15) is 21.3 Å². The van der Waals surface area contributed by atoms with Crippen LogP contribution >= 0.6 is 11.8 Å². The SMILES string of the molecule is COc1ccc(C(=O)Nc2cccc(C3Nc4ncccc4S3)c2)c(OC)c1. The molecule has 0 saturated carbocycles. The highest BCUT2D eigenvalue weighted by molar-refractivity contribution is 8.00. The van der Waals surface area contributed by atoms with Crippen molar-refractivity contribution >= 4 is 29.2 Å². The Hall–Kier alpha value is -3.19. The number of rotatable bonds is 5. The maximum atomic E-state index is 12.7. The molecular formula is C21H19N3O3S. The number of thioether (sulfide) groups is 1. The molecule has 1 amide bonds. The molecule has 0 aliphatic carbocycles. The largest absolute Gasteiger partial charge is 0.497 e. The minimum Gasteiger partial charge on any atom is -0.497 e. The van der Waals surface area contributed by atoms with E-state index in [0.29, 0.717) is 22.7 Å². The van der Waals surface area contributed by atoms with Crippen molar-refractivity contribution in [2.75, 3.05) is 24.9 Å². The molecule has 1 atom stereocenters. The third-order valence-corrected chi connectivity index (χ3v) is 5.59. The van der Waals surface area contributed by atoms with Gasteiger partial charge in [-0.15, -0.1) is 0 Å². The Morgan fingerprint density at radius 2 is 2.00 bits per heavy atom. The summed E-state index contributed by atoms with van der Waals surface area (Å²) in [7, 11) is 3.10. The number of benzene rings is 2. The number of anilines is 2. The van der Waals surface area contributed by atoms with Gasteiger partial charge >= 0.3 is 0 Å². The van der Waals surface area contributed by atoms with E-state index in [1.807, 2.05) is 36.4 Å². The number of ether oxygens (including phenoxy) is 2. The summed E-state index contributed by atoms with van der Waals surface area (Å²) in [6.45, 7) is 0. The second kappa shape index (κ2) is 7.82. The molecule has 1 aliphatic rings. The predicted octanol–water partition coefficient (Wildman–Crippen LogP) is 4.57. The molecule has 0 bridgehead atoms. The van der Waals surface area contributed by atoms with Gasteiger partial charge < -0.3 is 20.1 Å². The van der Waals surface area contributed by atoms with Gasteiger partial charge in [-0.05, 0) is 42.0 Å². The molecular weight excluding hydrogens is 374 g/mol. The lowest BCUT2D eigenvalue weighted by atomic mass is 10.1. The highest BCUT2D eigenvalue weighted by Gasteiger charge is 2.24. The molecule has 0 radical (unpaired) electrons. The lowest BCUT2D eigenvalue weighted by Gasteiger charge is -2.14. The zero-order valence-corrected chi connectivity index (χ0v) is 16.2. The van der Waals surface area contributed by atoms with Gasteiger partial charge in [-0.25, -0.2) is 4.98 Å². The van der Waals surface area contributed by atoms with Crippen LogP contribution in [0.4, 0.5) is 11.5 Å². The van der Waals surface area contributed by atoms with Gasteiger partial charge in [0, 0.05) is 18.0 Å². The van der Waals surface area contributed by atoms with Gasteiger partial charge in [0.05, 0.1) is 24.7 Å². The van der Waals surface area contributed by atoms with Crippen LogP contribution in [0.3, 0.4) is 0 Å². The summed E-state index contributed by atoms with van der Waals surface area (Å²) < 4.78 is 10.5. The van der Waals surface area contributed by atoms with E-state index in [1.165, 1.54) is 7.11 Å². The van der Waals surface area contributed by atoms with Crippen LogP contribution in [-0.4, -0.2) is 25.1 Å². The number of amides is 1. The first-order chi connectivity index (χ1) is 13.7. The second-order valence-electron chi connectivity index (χ2n) is 6.14. The van der Waals surface area contributed by atoms with Crippen molar-refractivity contribution in [3.8, 4) is 11.5 Å². The van der Waals surface area contributed by atoms with E-state index in [1.54, 1.807) is 43.3 Å². The third kappa shape index (κ3) is 3.61. The Kier molecular flexibility index (Phi) is 5.08. The summed E-state index contributed by atoms with van der Waals surface area (Å²) >= 11 is 1.70. The second-order valence-corrected chi connectivity index (χ2v) is 7.29. The molecule has 3 aromatic rings. The van der Waals surface area contributed by atoms with Gasteiger partial charge in [0.2, 0.25) is 0 Å². The number of nitrogens with zero attached hydrogens (tertiary/aromatic N) is 1. The van der Waals surface area contributed by atoms with Gasteiger partial charge in [0.25, 0.3) is 5.91 Å². The summed E-state index contributed by atoms with van der Waals surface area (Å²) in [6.07, 6.45) is 1.77. The minimum atomic E-state index is -0.242. The fraction of sp³-hybridized carbons (Fsp3) is 0.143. The Balaban J connectivity index is 1.52. The number of aromatic nitrogens is 1. The average molecular weight is 393 g/mol. The molecule has 4 rings (SSSR count). The molecule has 1 aromatic heterocycles. The Labute approximate surface area is 167 Å². The zero-order valence-electron chi connectivity index (χ0n) is 15.4. The lowest BCUT2D eigenvalue weighted by molar-refractivity contribution is 0.102. The van der Waals surface area contributed by atoms with Crippen LogP contribution in [0.15, 0.2) is 65.7 Å². The third-order valence-electron chi connectivity index (χ3n) is 4.38. The van der Waals surface area contributed by atoms with Crippen molar-refractivity contribution in [3.63, 3.8) is 0 Å². The number of methoxy groups -OCH3 is 2. The van der Waals surface area contributed by atoms with E-state index in [0.717, 1.165) is 16.3 Å². The smallest absolute Gasteiger partial charge is 0.259 e. The number of nitrogens with one attached hydrogen (secondary N) is 2. The molecule has 0 fully saturated rings. The molecule has 1 unspecified atom stereocenters. The van der Waals surface area contributed by atoms with Gasteiger partial charge in [-0.2, -0.15) is 0 Å². The standard InChI is InChI=1S/C21H19N3O3S/c1-26-15-8-9-16(17(12-15)27-2)20(25)23-14-6-3-5-13(11-14)21-24-19-18(28-21)7-4-10-22-19/h3-12,21H,1-2H3,(H,22,24)(H,23,25). The first-order valence-electron chi connectivity index (χ1n) is 8.69. The van der Waals surface area contributed by atoms with E-state index in [9.17, 15) is 4.79 Å². The number of carbonyl (C=O) groups is 1. The number of hydrogen-bond donors (Lipinski definition) is 2. The van der Waals surface area contributed by atoms with E-state index >= 15 is 0 Å². The quantitative estimate of drug-likeness (QED) is 0.662. The monoisotopic (exact) mass is 393 g/mol. The maximum absolute atomic E-state index is 12.7. The fourth-order valence-corrected chi connectivity index (χ4v) is 4.08. The Morgan fingerprint density at radius 1 is 1.11 bits per heavy atom. The van der Waals surface area contributed by atoms with Gasteiger partial charge in [0.15, 0.2) is 0 Å². The van der Waals surface area contributed by atoms with Gasteiger partial charge in [0.1, 0.15) is 22.7 Å². The van der Waals surface area contributed by atoms with Crippen LogP contribution < -0.4 is 20.1 Å². The highest BCUT2D eigenvalue weighted by atomic mass is 32.2. The Morgan fingerprint density at radius 3 is 2.79 bits per heavy atom. The van der Waals surface area contributed by atoms with E-state index in [4.69, 9.17) is 9.47 Å². The lowest BCUT2D eigenvalue weighted by Crippen LogP contribution is -2.13. The van der Waals surface area contributed by atoms with Crippen molar-refractivity contribution in [1.29, 1.82) is 0 Å². The Bertz CT molecular complexity index is 1000. The molecule has 0 spiro atoms. The maximum Gasteiger partial charge on any atom is 0.259 e. The normalized spacial score (nSPS) is 14.7. The molecule has 2 aromatic carbocycles. The van der Waals surface area contributed by atoms with Crippen molar-refractivity contribution < 1.29 is 14.3 Å². The van der Waals surface area contributed by atoms with Crippen LogP contribution in [0, 0.1) is 0 Å². The summed E-state index contributed by atoms with van der Waals surface area (Å²) in [5, 5.41) is 6.40. The fourth-order valence-electron chi connectivity index (χ4n) is 2.99. The summed E-state index contributed by atoms with van der Waals surface area (Å²) in [5.74, 6) is 1.74.